The van der Waals surface area contributed by atoms with E-state index in [0.29, 0.717) is 22.3 Å². The number of amides is 1. The maximum Gasteiger partial charge on any atom is 0.387 e. The van der Waals surface area contributed by atoms with E-state index in [0.717, 1.165) is 6.20 Å². The van der Waals surface area contributed by atoms with E-state index >= 15 is 0 Å². The molecule has 2 aliphatic rings. The number of anilines is 1. The molecule has 1 fully saturated rings. The first-order valence-corrected chi connectivity index (χ1v) is 11.5. The summed E-state index contributed by atoms with van der Waals surface area (Å²) < 4.78 is 48.1. The normalized spacial score (nSPS) is 27.5. The Labute approximate surface area is 189 Å². The topological polar surface area (TPSA) is 112 Å². The van der Waals surface area contributed by atoms with Crippen molar-refractivity contribution in [1.29, 1.82) is 0 Å². The monoisotopic (exact) mass is 487 g/mol. The smallest absolute Gasteiger partial charge is 0.387 e. The van der Waals surface area contributed by atoms with Gasteiger partial charge in [-0.15, -0.1) is 11.3 Å². The number of thiazole rings is 1. The number of ether oxygens (including phenoxy) is 2. The summed E-state index contributed by atoms with van der Waals surface area (Å²) in [6, 6.07) is 2.49. The number of carbonyl (C=O) groups is 1. The molecular weight excluding hydrogens is 467 g/mol. The molecule has 13 heteroatoms. The van der Waals surface area contributed by atoms with Crippen LogP contribution in [0.5, 0.6) is 5.75 Å². The van der Waals surface area contributed by atoms with Crippen LogP contribution in [0.25, 0.3) is 0 Å². The molecule has 3 atom stereocenters. The molecule has 4 heterocycles. The van der Waals surface area contributed by atoms with E-state index in [1.165, 1.54) is 35.2 Å². The van der Waals surface area contributed by atoms with Gasteiger partial charge in [0.15, 0.2) is 5.17 Å². The molecular formula is C19H20F3N5O3S2. The van der Waals surface area contributed by atoms with E-state index in [-0.39, 0.29) is 29.8 Å². The van der Waals surface area contributed by atoms with Crippen molar-refractivity contribution in [3.63, 3.8) is 0 Å². The maximum absolute atomic E-state index is 13.5. The van der Waals surface area contributed by atoms with Crippen LogP contribution in [0.4, 0.5) is 19.0 Å². The van der Waals surface area contributed by atoms with Gasteiger partial charge in [-0.25, -0.2) is 19.4 Å². The second kappa shape index (κ2) is 8.87. The summed E-state index contributed by atoms with van der Waals surface area (Å²) in [5, 5.41) is 5.30. The third-order valence-corrected chi connectivity index (χ3v) is 7.29. The van der Waals surface area contributed by atoms with Crippen LogP contribution in [0.1, 0.15) is 28.8 Å². The van der Waals surface area contributed by atoms with Gasteiger partial charge in [0.2, 0.25) is 0 Å². The van der Waals surface area contributed by atoms with Crippen LogP contribution < -0.4 is 15.8 Å². The van der Waals surface area contributed by atoms with E-state index in [1.807, 2.05) is 0 Å². The quantitative estimate of drug-likeness (QED) is 0.642. The van der Waals surface area contributed by atoms with Crippen molar-refractivity contribution in [2.75, 3.05) is 24.4 Å². The first-order valence-electron chi connectivity index (χ1n) is 9.59. The zero-order valence-corrected chi connectivity index (χ0v) is 18.5. The molecule has 32 heavy (non-hydrogen) atoms. The lowest BCUT2D eigenvalue weighted by atomic mass is 9.76. The molecule has 0 aromatic carbocycles. The van der Waals surface area contributed by atoms with Crippen molar-refractivity contribution < 1.29 is 27.4 Å². The van der Waals surface area contributed by atoms with Crippen LogP contribution >= 0.6 is 23.1 Å². The Morgan fingerprint density at radius 2 is 2.28 bits per heavy atom. The minimum Gasteiger partial charge on any atom is -0.433 e. The SMILES string of the molecule is C[C@]1(CF)C[C@H]2CSC(N)=N[C@@]2(c2nc(NC(=O)c3ccc(OC(F)F)cn3)cs2)CO1. The second-order valence-corrected chi connectivity index (χ2v) is 9.61. The van der Waals surface area contributed by atoms with Crippen molar-refractivity contribution >= 4 is 40.0 Å². The van der Waals surface area contributed by atoms with E-state index in [1.54, 1.807) is 12.3 Å². The van der Waals surface area contributed by atoms with Gasteiger partial charge in [0.25, 0.3) is 5.91 Å². The number of rotatable bonds is 6. The van der Waals surface area contributed by atoms with Crippen molar-refractivity contribution in [2.45, 2.75) is 31.1 Å². The second-order valence-electron chi connectivity index (χ2n) is 7.71. The Balaban J connectivity index is 1.52. The Hall–Kier alpha value is -2.38. The van der Waals surface area contributed by atoms with E-state index in [2.05, 4.69) is 25.0 Å². The maximum atomic E-state index is 13.5. The highest BCUT2D eigenvalue weighted by Crippen LogP contribution is 2.49. The lowest BCUT2D eigenvalue weighted by molar-refractivity contribution is -0.129. The Kier molecular flexibility index (Phi) is 6.32. The van der Waals surface area contributed by atoms with Crippen LogP contribution in [0, 0.1) is 5.92 Å². The highest BCUT2D eigenvalue weighted by atomic mass is 32.2. The number of aromatic nitrogens is 2. The minimum atomic E-state index is -2.98. The van der Waals surface area contributed by atoms with Crippen molar-refractivity contribution in [1.82, 2.24) is 9.97 Å². The zero-order valence-electron chi connectivity index (χ0n) is 16.9. The van der Waals surface area contributed by atoms with Gasteiger partial charge in [-0.05, 0) is 25.5 Å². The Bertz CT molecular complexity index is 1020. The summed E-state index contributed by atoms with van der Waals surface area (Å²) in [6.45, 7) is -1.71. The number of carbonyl (C=O) groups excluding carboxylic acids is 1. The summed E-state index contributed by atoms with van der Waals surface area (Å²) in [6.07, 6.45) is 1.50. The van der Waals surface area contributed by atoms with E-state index in [4.69, 9.17) is 10.5 Å². The van der Waals surface area contributed by atoms with Crippen molar-refractivity contribution in [3.8, 4) is 5.75 Å². The summed E-state index contributed by atoms with van der Waals surface area (Å²) in [7, 11) is 0. The van der Waals surface area contributed by atoms with Gasteiger partial charge in [-0.1, -0.05) is 11.8 Å². The molecule has 0 unspecified atom stereocenters. The summed E-state index contributed by atoms with van der Waals surface area (Å²) in [4.78, 5) is 25.5. The molecule has 0 radical (unpaired) electrons. The predicted molar refractivity (Wildman–Crippen MR) is 115 cm³/mol. The molecule has 2 aliphatic heterocycles. The van der Waals surface area contributed by atoms with E-state index < -0.39 is 30.3 Å². The largest absolute Gasteiger partial charge is 0.433 e. The average molecular weight is 488 g/mol. The van der Waals surface area contributed by atoms with Crippen LogP contribution in [0.3, 0.4) is 0 Å². The number of aliphatic imine (C=N–C) groups is 1. The van der Waals surface area contributed by atoms with Crippen molar-refractivity contribution in [2.24, 2.45) is 16.6 Å². The predicted octanol–water partition coefficient (Wildman–Crippen LogP) is 3.41. The van der Waals surface area contributed by atoms with Gasteiger partial charge in [-0.2, -0.15) is 8.78 Å². The summed E-state index contributed by atoms with van der Waals surface area (Å²) in [5.41, 5.74) is 4.28. The molecule has 0 bridgehead atoms. The van der Waals surface area contributed by atoms with Crippen LogP contribution in [0.2, 0.25) is 0 Å². The number of alkyl halides is 3. The molecule has 2 aromatic heterocycles. The average Bonchev–Trinajstić information content (AvgIpc) is 3.23. The number of thioether (sulfide) groups is 1. The Morgan fingerprint density at radius 3 is 2.97 bits per heavy atom. The first-order chi connectivity index (χ1) is 15.2. The molecule has 0 aliphatic carbocycles. The van der Waals surface area contributed by atoms with Gasteiger partial charge < -0.3 is 20.5 Å². The molecule has 2 aromatic rings. The molecule has 3 N–H and O–H groups in total. The Morgan fingerprint density at radius 1 is 1.47 bits per heavy atom. The highest BCUT2D eigenvalue weighted by Gasteiger charge is 2.53. The fourth-order valence-electron chi connectivity index (χ4n) is 3.66. The number of fused-ring (bicyclic) bond motifs is 1. The number of nitrogens with one attached hydrogen (secondary N) is 1. The molecule has 1 saturated heterocycles. The minimum absolute atomic E-state index is 0.00764. The first kappa shape index (κ1) is 22.8. The fourth-order valence-corrected chi connectivity index (χ4v) is 5.62. The van der Waals surface area contributed by atoms with Gasteiger partial charge >= 0.3 is 6.61 Å². The van der Waals surface area contributed by atoms with Gasteiger partial charge in [-0.3, -0.25) is 4.79 Å². The molecule has 8 nitrogen and oxygen atoms in total. The van der Waals surface area contributed by atoms with Gasteiger partial charge in [0.1, 0.15) is 34.5 Å². The zero-order chi connectivity index (χ0) is 22.9. The lowest BCUT2D eigenvalue weighted by Crippen LogP contribution is -2.54. The molecule has 0 spiro atoms. The number of pyridine rings is 1. The van der Waals surface area contributed by atoms with Gasteiger partial charge in [0.05, 0.1) is 18.4 Å². The molecule has 172 valence electrons. The third-order valence-electron chi connectivity index (χ3n) is 5.33. The van der Waals surface area contributed by atoms with Crippen LogP contribution in [0.15, 0.2) is 28.7 Å². The standard InChI is InChI=1S/C19H20F3N5O3S2/c1-18(8-20)4-10-6-32-17(23)27-19(10,9-29-18)15-26-13(7-31-15)25-14(28)12-3-2-11(5-24-12)30-16(21)22/h2-3,5,7,10,16H,4,6,8-9H2,1H3,(H2,23,27)(H,25,28)/t10-,18+,19-/m0/s1. The number of halogens is 3. The van der Waals surface area contributed by atoms with Gasteiger partial charge in [0, 0.05) is 17.1 Å². The molecule has 0 saturated carbocycles. The molecule has 4 rings (SSSR count). The van der Waals surface area contributed by atoms with Crippen molar-refractivity contribution in [3.05, 3.63) is 34.4 Å². The summed E-state index contributed by atoms with van der Waals surface area (Å²) >= 11 is 2.71. The number of amidine groups is 1. The van der Waals surface area contributed by atoms with E-state index in [9.17, 15) is 18.0 Å². The number of nitrogens with two attached hydrogens (primary N) is 1. The third kappa shape index (κ3) is 4.55. The highest BCUT2D eigenvalue weighted by molar-refractivity contribution is 8.13. The lowest BCUT2D eigenvalue weighted by Gasteiger charge is -2.48. The molecule has 1 amide bonds. The van der Waals surface area contributed by atoms with Crippen LogP contribution in [-0.4, -0.2) is 52.3 Å². The number of hydrogen-bond acceptors (Lipinski definition) is 9. The number of hydrogen-bond donors (Lipinski definition) is 2. The fraction of sp³-hybridized carbons (Fsp3) is 0.474. The number of nitrogens with zero attached hydrogens (tertiary/aromatic N) is 3. The van der Waals surface area contributed by atoms with Crippen LogP contribution in [-0.2, 0) is 10.3 Å². The summed E-state index contributed by atoms with van der Waals surface area (Å²) in [5.74, 6) is 0.191.